The van der Waals surface area contributed by atoms with Gasteiger partial charge in [0.1, 0.15) is 9.22 Å². The molecule has 0 amide bonds. The molecule has 10 heteroatoms. The number of para-hydroxylation sites is 1. The third-order valence-corrected chi connectivity index (χ3v) is 7.85. The van der Waals surface area contributed by atoms with E-state index in [1.54, 1.807) is 41.9 Å². The molecule has 0 aliphatic heterocycles. The molecule has 0 bridgehead atoms. The number of aliphatic hydroxyl groups excluding tert-OH is 1. The predicted octanol–water partition coefficient (Wildman–Crippen LogP) is 4.30. The largest absolute Gasteiger partial charge is 0.391 e. The van der Waals surface area contributed by atoms with Gasteiger partial charge in [-0.2, -0.15) is 0 Å². The van der Waals surface area contributed by atoms with E-state index in [-0.39, 0.29) is 10.8 Å². The van der Waals surface area contributed by atoms with Crippen molar-refractivity contribution in [3.63, 3.8) is 0 Å². The van der Waals surface area contributed by atoms with Crippen molar-refractivity contribution in [1.82, 2.24) is 9.97 Å². The van der Waals surface area contributed by atoms with Crippen molar-refractivity contribution in [3.05, 3.63) is 51.8 Å². The minimum absolute atomic E-state index is 0.0959. The number of thiazole rings is 1. The molecule has 134 valence electrons. The maximum atomic E-state index is 12.5. The molecular formula is C16H12ClN3O3S3. The number of aliphatic hydroxyl groups is 1. The molecular weight excluding hydrogens is 414 g/mol. The fourth-order valence-electron chi connectivity index (χ4n) is 2.52. The number of sulfonamides is 1. The zero-order chi connectivity index (χ0) is 18.3. The highest BCUT2D eigenvalue weighted by Gasteiger charge is 2.20. The van der Waals surface area contributed by atoms with Gasteiger partial charge in [0.2, 0.25) is 0 Å². The van der Waals surface area contributed by atoms with Crippen molar-refractivity contribution >= 4 is 60.9 Å². The lowest BCUT2D eigenvalue weighted by Gasteiger charge is -2.07. The van der Waals surface area contributed by atoms with Gasteiger partial charge in [-0.05, 0) is 17.5 Å². The maximum absolute atomic E-state index is 12.5. The van der Waals surface area contributed by atoms with E-state index in [9.17, 15) is 13.5 Å². The number of hydrogen-bond acceptors (Lipinski definition) is 6. The Labute approximate surface area is 162 Å². The third kappa shape index (κ3) is 3.01. The second-order valence-electron chi connectivity index (χ2n) is 5.37. The van der Waals surface area contributed by atoms with E-state index >= 15 is 0 Å². The first-order valence-electron chi connectivity index (χ1n) is 7.42. The second kappa shape index (κ2) is 6.67. The Morgan fingerprint density at radius 3 is 2.81 bits per heavy atom. The quantitative estimate of drug-likeness (QED) is 0.444. The van der Waals surface area contributed by atoms with Crippen molar-refractivity contribution in [2.45, 2.75) is 10.8 Å². The Morgan fingerprint density at radius 2 is 2.12 bits per heavy atom. The lowest BCUT2D eigenvalue weighted by Crippen LogP contribution is -2.11. The van der Waals surface area contributed by atoms with Crippen LogP contribution in [0.2, 0.25) is 5.02 Å². The number of anilines is 1. The van der Waals surface area contributed by atoms with Crippen LogP contribution in [0.1, 0.15) is 4.88 Å². The Kier molecular flexibility index (Phi) is 4.49. The van der Waals surface area contributed by atoms with Gasteiger partial charge in [-0.15, -0.1) is 22.7 Å². The van der Waals surface area contributed by atoms with Gasteiger partial charge >= 0.3 is 0 Å². The number of benzene rings is 1. The number of aromatic amines is 1. The normalized spacial score (nSPS) is 11.9. The fourth-order valence-corrected chi connectivity index (χ4v) is 5.72. The van der Waals surface area contributed by atoms with Gasteiger partial charge in [0.15, 0.2) is 0 Å². The molecule has 0 atom stereocenters. The van der Waals surface area contributed by atoms with Crippen LogP contribution < -0.4 is 4.72 Å². The number of hydrogen-bond donors (Lipinski definition) is 3. The van der Waals surface area contributed by atoms with Gasteiger partial charge in [0.05, 0.1) is 33.4 Å². The molecule has 0 aliphatic carbocycles. The first kappa shape index (κ1) is 17.5. The predicted molar refractivity (Wildman–Crippen MR) is 105 cm³/mol. The van der Waals surface area contributed by atoms with Crippen LogP contribution in [0, 0.1) is 0 Å². The van der Waals surface area contributed by atoms with Crippen LogP contribution in [-0.2, 0) is 16.6 Å². The summed E-state index contributed by atoms with van der Waals surface area (Å²) in [6, 6.07) is 8.45. The standard InChI is InChI=1S/C16H12ClN3O3S3/c17-13-10-3-1-4-11(20-26(22,23)12-5-2-6-24-12)14(10)19-15(13)16-18-7-9(8-21)25-16/h1-7,19-21H,8H2. The average Bonchev–Trinajstić information content (AvgIpc) is 3.35. The molecule has 4 rings (SSSR count). The van der Waals surface area contributed by atoms with E-state index < -0.39 is 10.0 Å². The average molecular weight is 426 g/mol. The second-order valence-corrected chi connectivity index (χ2v) is 9.72. The number of nitrogens with one attached hydrogen (secondary N) is 2. The highest BCUT2D eigenvalue weighted by atomic mass is 35.5. The zero-order valence-electron chi connectivity index (χ0n) is 13.1. The molecule has 3 heterocycles. The Bertz CT molecular complexity index is 1180. The summed E-state index contributed by atoms with van der Waals surface area (Å²) in [5.74, 6) is 0. The van der Waals surface area contributed by atoms with Gasteiger partial charge < -0.3 is 10.1 Å². The van der Waals surface area contributed by atoms with Crippen LogP contribution in [0.25, 0.3) is 21.6 Å². The highest BCUT2D eigenvalue weighted by Crippen LogP contribution is 2.39. The van der Waals surface area contributed by atoms with E-state index in [4.69, 9.17) is 11.6 Å². The van der Waals surface area contributed by atoms with Crippen molar-refractivity contribution in [2.75, 3.05) is 4.72 Å². The number of nitrogens with zero attached hydrogens (tertiary/aromatic N) is 1. The van der Waals surface area contributed by atoms with E-state index in [0.717, 1.165) is 11.3 Å². The summed E-state index contributed by atoms with van der Waals surface area (Å²) >= 11 is 8.95. The number of aromatic nitrogens is 2. The first-order chi connectivity index (χ1) is 12.5. The summed E-state index contributed by atoms with van der Waals surface area (Å²) in [7, 11) is -3.67. The van der Waals surface area contributed by atoms with Gasteiger partial charge in [-0.3, -0.25) is 4.72 Å². The molecule has 1 aromatic carbocycles. The summed E-state index contributed by atoms with van der Waals surface area (Å²) in [5.41, 5.74) is 1.57. The van der Waals surface area contributed by atoms with Crippen LogP contribution in [0.3, 0.4) is 0 Å². The van der Waals surface area contributed by atoms with E-state index in [2.05, 4.69) is 14.7 Å². The molecule has 3 N–H and O–H groups in total. The maximum Gasteiger partial charge on any atom is 0.271 e. The molecule has 0 spiro atoms. The zero-order valence-corrected chi connectivity index (χ0v) is 16.3. The fraction of sp³-hybridized carbons (Fsp3) is 0.0625. The highest BCUT2D eigenvalue weighted by molar-refractivity contribution is 7.94. The molecule has 4 aromatic rings. The van der Waals surface area contributed by atoms with Gasteiger partial charge in [-0.1, -0.05) is 29.8 Å². The molecule has 0 saturated heterocycles. The molecule has 3 aromatic heterocycles. The van der Waals surface area contributed by atoms with Crippen LogP contribution in [0.15, 0.2) is 46.1 Å². The van der Waals surface area contributed by atoms with Gasteiger partial charge in [0, 0.05) is 11.6 Å². The summed E-state index contributed by atoms with van der Waals surface area (Å²) in [6.07, 6.45) is 1.59. The van der Waals surface area contributed by atoms with Crippen LogP contribution in [0.5, 0.6) is 0 Å². The summed E-state index contributed by atoms with van der Waals surface area (Å²) in [4.78, 5) is 8.15. The molecule has 0 saturated carbocycles. The van der Waals surface area contributed by atoms with Gasteiger partial charge in [-0.25, -0.2) is 13.4 Å². The van der Waals surface area contributed by atoms with Crippen molar-refractivity contribution in [3.8, 4) is 10.7 Å². The smallest absolute Gasteiger partial charge is 0.271 e. The lowest BCUT2D eigenvalue weighted by atomic mass is 10.2. The molecule has 0 radical (unpaired) electrons. The van der Waals surface area contributed by atoms with Crippen LogP contribution in [0.4, 0.5) is 5.69 Å². The Morgan fingerprint density at radius 1 is 1.27 bits per heavy atom. The number of fused-ring (bicyclic) bond motifs is 1. The van der Waals surface area contributed by atoms with E-state index in [1.165, 1.54) is 11.3 Å². The van der Waals surface area contributed by atoms with Crippen molar-refractivity contribution in [1.29, 1.82) is 0 Å². The number of halogens is 1. The molecule has 26 heavy (non-hydrogen) atoms. The SMILES string of the molecule is O=S(=O)(Nc1cccc2c(Cl)c(-c3ncc(CO)s3)[nH]c12)c1cccs1. The van der Waals surface area contributed by atoms with E-state index in [1.807, 2.05) is 0 Å². The van der Waals surface area contributed by atoms with Gasteiger partial charge in [0.25, 0.3) is 10.0 Å². The molecule has 0 aliphatic rings. The molecule has 0 unspecified atom stereocenters. The van der Waals surface area contributed by atoms with Crippen molar-refractivity contribution in [2.24, 2.45) is 0 Å². The Hall–Kier alpha value is -1.91. The lowest BCUT2D eigenvalue weighted by molar-refractivity contribution is 0.285. The molecule has 6 nitrogen and oxygen atoms in total. The summed E-state index contributed by atoms with van der Waals surface area (Å²) < 4.78 is 27.9. The number of H-pyrrole nitrogens is 1. The van der Waals surface area contributed by atoms with Crippen LogP contribution >= 0.6 is 34.3 Å². The number of rotatable bonds is 5. The molecule has 0 fully saturated rings. The van der Waals surface area contributed by atoms with Crippen LogP contribution in [-0.4, -0.2) is 23.5 Å². The first-order valence-corrected chi connectivity index (χ1v) is 11.0. The summed E-state index contributed by atoms with van der Waals surface area (Å²) in [6.45, 7) is -0.0959. The Balaban J connectivity index is 1.81. The monoisotopic (exact) mass is 425 g/mol. The minimum Gasteiger partial charge on any atom is -0.391 e. The number of thiophene rings is 1. The third-order valence-electron chi connectivity index (χ3n) is 3.70. The van der Waals surface area contributed by atoms with Crippen molar-refractivity contribution < 1.29 is 13.5 Å². The minimum atomic E-state index is -3.67. The summed E-state index contributed by atoms with van der Waals surface area (Å²) in [5, 5.41) is 12.7. The topological polar surface area (TPSA) is 95.1 Å². The van der Waals surface area contributed by atoms with E-state index in [0.29, 0.717) is 37.2 Å².